The predicted octanol–water partition coefficient (Wildman–Crippen LogP) is 1.97. The lowest BCUT2D eigenvalue weighted by atomic mass is 10.3. The van der Waals surface area contributed by atoms with Crippen LogP contribution in [0, 0.1) is 18.8 Å². The van der Waals surface area contributed by atoms with Crippen molar-refractivity contribution in [1.29, 1.82) is 0 Å². The van der Waals surface area contributed by atoms with Gasteiger partial charge in [0.25, 0.3) is 0 Å². The van der Waals surface area contributed by atoms with Crippen molar-refractivity contribution >= 4 is 23.6 Å². The number of pyridine rings is 2. The minimum atomic E-state index is 0.353. The molecule has 0 aliphatic carbocycles. The van der Waals surface area contributed by atoms with Crippen LogP contribution in [0.4, 0.5) is 17.2 Å². The molecule has 0 fully saturated rings. The number of rotatable bonds is 8. The van der Waals surface area contributed by atoms with Crippen LogP contribution in [0.5, 0.6) is 5.88 Å². The molecule has 0 unspecified atom stereocenters. The molecule has 3 aromatic rings. The van der Waals surface area contributed by atoms with Crippen molar-refractivity contribution < 1.29 is 9.53 Å². The number of nitrogens with two attached hydrogens (primary N) is 1. The second-order valence-electron chi connectivity index (χ2n) is 6.96. The minimum Gasteiger partial charge on any atom is -0.463 e. The normalized spacial score (nSPS) is 9.70. The maximum absolute atomic E-state index is 10.3. The molecule has 0 atom stereocenters. The van der Waals surface area contributed by atoms with Crippen LogP contribution in [0.25, 0.3) is 0 Å². The van der Waals surface area contributed by atoms with E-state index in [2.05, 4.69) is 42.4 Å². The van der Waals surface area contributed by atoms with Crippen molar-refractivity contribution in [1.82, 2.24) is 24.8 Å². The van der Waals surface area contributed by atoms with Gasteiger partial charge in [-0.25, -0.2) is 9.97 Å². The number of nitrogen functional groups attached to an aromatic ring is 1. The topological polar surface area (TPSA) is 131 Å². The molecule has 4 N–H and O–H groups in total. The summed E-state index contributed by atoms with van der Waals surface area (Å²) in [6.07, 6.45) is 7.17. The molecular formula is C23H28N8O2. The van der Waals surface area contributed by atoms with E-state index in [9.17, 15) is 4.79 Å². The van der Waals surface area contributed by atoms with Crippen LogP contribution in [0.2, 0.25) is 0 Å². The highest BCUT2D eigenvalue weighted by Gasteiger charge is 2.00. The van der Waals surface area contributed by atoms with Gasteiger partial charge < -0.3 is 21.1 Å². The number of carbonyl (C=O) groups excluding carboxylic acids is 1. The third-order valence-electron chi connectivity index (χ3n) is 3.91. The van der Waals surface area contributed by atoms with Crippen LogP contribution in [-0.4, -0.2) is 58.5 Å². The fourth-order valence-electron chi connectivity index (χ4n) is 2.32. The highest BCUT2D eigenvalue weighted by atomic mass is 16.5. The average Bonchev–Trinajstić information content (AvgIpc) is 2.80. The Bertz CT molecular complexity index is 1060. The molecule has 0 saturated carbocycles. The number of ether oxygens (including phenoxy) is 1. The van der Waals surface area contributed by atoms with E-state index in [4.69, 9.17) is 10.5 Å². The van der Waals surface area contributed by atoms with Crippen LogP contribution in [-0.2, 0) is 11.3 Å². The zero-order valence-corrected chi connectivity index (χ0v) is 18.9. The van der Waals surface area contributed by atoms with Gasteiger partial charge in [0.05, 0.1) is 42.6 Å². The van der Waals surface area contributed by atoms with E-state index in [0.717, 1.165) is 23.6 Å². The van der Waals surface area contributed by atoms with Gasteiger partial charge in [-0.1, -0.05) is 11.8 Å². The number of aromatic nitrogens is 4. The summed E-state index contributed by atoms with van der Waals surface area (Å²) in [5, 5.41) is 5.70. The second kappa shape index (κ2) is 14.0. The molecule has 0 bridgehead atoms. The summed E-state index contributed by atoms with van der Waals surface area (Å²) in [7, 11) is 3.95. The van der Waals surface area contributed by atoms with E-state index in [1.165, 1.54) is 0 Å². The van der Waals surface area contributed by atoms with Crippen LogP contribution in [0.3, 0.4) is 0 Å². The predicted molar refractivity (Wildman–Crippen MR) is 128 cm³/mol. The Morgan fingerprint density at radius 3 is 2.67 bits per heavy atom. The highest BCUT2D eigenvalue weighted by molar-refractivity contribution is 5.71. The zero-order valence-electron chi connectivity index (χ0n) is 18.9. The SMILES string of the molecule is Cc1cnc(OCC#CCN(C)C)cn1.Nc1ncccc1NCc1cc(NC=O)ccn1. The number of hydrogen-bond donors (Lipinski definition) is 3. The molecule has 33 heavy (non-hydrogen) atoms. The van der Waals surface area contributed by atoms with E-state index in [1.807, 2.05) is 32.0 Å². The van der Waals surface area contributed by atoms with Gasteiger partial charge in [-0.3, -0.25) is 19.7 Å². The molecule has 0 aromatic carbocycles. The first-order chi connectivity index (χ1) is 16.0. The van der Waals surface area contributed by atoms with Crippen molar-refractivity contribution in [2.24, 2.45) is 0 Å². The highest BCUT2D eigenvalue weighted by Crippen LogP contribution is 2.15. The van der Waals surface area contributed by atoms with Gasteiger partial charge in [-0.05, 0) is 45.3 Å². The van der Waals surface area contributed by atoms with E-state index < -0.39 is 0 Å². The fraction of sp³-hybridized carbons (Fsp3) is 0.261. The molecule has 3 heterocycles. The van der Waals surface area contributed by atoms with Gasteiger partial charge in [0.15, 0.2) is 6.61 Å². The van der Waals surface area contributed by atoms with E-state index in [-0.39, 0.29) is 0 Å². The van der Waals surface area contributed by atoms with Gasteiger partial charge in [-0.15, -0.1) is 0 Å². The Morgan fingerprint density at radius 2 is 1.97 bits per heavy atom. The molecule has 0 spiro atoms. The number of carbonyl (C=O) groups is 1. The standard InChI is InChI=1S/C12H13N5O.C11H15N3O/c13-12-11(2-1-4-15-12)16-7-10-6-9(17-8-18)3-5-14-10;1-10-8-13-11(9-12-10)15-7-5-4-6-14(2)3/h1-6,8,16H,7H2,(H2,13,15)(H,14,17,18);8-9H,6-7H2,1-3H3. The van der Waals surface area contributed by atoms with Crippen molar-refractivity contribution in [3.05, 3.63) is 60.4 Å². The maximum Gasteiger partial charge on any atom is 0.233 e. The smallest absolute Gasteiger partial charge is 0.233 e. The summed E-state index contributed by atoms with van der Waals surface area (Å²) in [4.78, 5) is 28.6. The van der Waals surface area contributed by atoms with Crippen molar-refractivity contribution in [3.63, 3.8) is 0 Å². The van der Waals surface area contributed by atoms with Gasteiger partial charge in [0.2, 0.25) is 12.3 Å². The third-order valence-corrected chi connectivity index (χ3v) is 3.91. The number of amides is 1. The first-order valence-corrected chi connectivity index (χ1v) is 10.1. The Labute approximate surface area is 193 Å². The number of aryl methyl sites for hydroxylation is 1. The lowest BCUT2D eigenvalue weighted by Gasteiger charge is -2.08. The molecule has 3 rings (SSSR count). The molecule has 172 valence electrons. The maximum atomic E-state index is 10.3. The van der Waals surface area contributed by atoms with E-state index >= 15 is 0 Å². The zero-order chi connectivity index (χ0) is 23.9. The molecule has 0 saturated heterocycles. The molecule has 0 radical (unpaired) electrons. The van der Waals surface area contributed by atoms with Gasteiger partial charge in [-0.2, -0.15) is 0 Å². The first kappa shape index (κ1) is 25.0. The van der Waals surface area contributed by atoms with Crippen LogP contribution in [0.15, 0.2) is 49.1 Å². The van der Waals surface area contributed by atoms with Crippen LogP contribution < -0.4 is 21.1 Å². The second-order valence-corrected chi connectivity index (χ2v) is 6.96. The van der Waals surface area contributed by atoms with Gasteiger partial charge in [0, 0.05) is 18.1 Å². The number of anilines is 3. The summed E-state index contributed by atoms with van der Waals surface area (Å²) in [5.41, 5.74) is 8.84. The Kier molecular flexibility index (Phi) is 10.6. The molecule has 3 aromatic heterocycles. The largest absolute Gasteiger partial charge is 0.463 e. The molecule has 1 amide bonds. The van der Waals surface area contributed by atoms with Gasteiger partial charge in [0.1, 0.15) is 5.82 Å². The molecule has 0 aliphatic rings. The van der Waals surface area contributed by atoms with Crippen molar-refractivity contribution in [2.45, 2.75) is 13.5 Å². The number of nitrogens with one attached hydrogen (secondary N) is 2. The lowest BCUT2D eigenvalue weighted by molar-refractivity contribution is -0.105. The van der Waals surface area contributed by atoms with Gasteiger partial charge >= 0.3 is 0 Å². The Morgan fingerprint density at radius 1 is 1.12 bits per heavy atom. The lowest BCUT2D eigenvalue weighted by Crippen LogP contribution is -2.11. The molecule has 10 nitrogen and oxygen atoms in total. The summed E-state index contributed by atoms with van der Waals surface area (Å²) in [6.45, 7) is 3.48. The number of hydrogen-bond acceptors (Lipinski definition) is 9. The molecular weight excluding hydrogens is 420 g/mol. The average molecular weight is 449 g/mol. The summed E-state index contributed by atoms with van der Waals surface area (Å²) >= 11 is 0. The molecule has 10 heteroatoms. The minimum absolute atomic E-state index is 0.353. The van der Waals surface area contributed by atoms with Crippen LogP contribution >= 0.6 is 0 Å². The van der Waals surface area contributed by atoms with Crippen molar-refractivity contribution in [2.75, 3.05) is 43.6 Å². The summed E-state index contributed by atoms with van der Waals surface area (Å²) < 4.78 is 5.28. The Balaban J connectivity index is 0.000000238. The Hall–Kier alpha value is -4.23. The summed E-state index contributed by atoms with van der Waals surface area (Å²) in [6, 6.07) is 7.15. The summed E-state index contributed by atoms with van der Waals surface area (Å²) in [5.74, 6) is 6.83. The number of nitrogens with zero attached hydrogens (tertiary/aromatic N) is 5. The van der Waals surface area contributed by atoms with E-state index in [1.54, 1.807) is 43.0 Å². The van der Waals surface area contributed by atoms with E-state index in [0.29, 0.717) is 36.9 Å². The fourth-order valence-corrected chi connectivity index (χ4v) is 2.32. The quantitative estimate of drug-likeness (QED) is 0.349. The van der Waals surface area contributed by atoms with Crippen LogP contribution in [0.1, 0.15) is 11.4 Å². The first-order valence-electron chi connectivity index (χ1n) is 10.1. The molecule has 0 aliphatic heterocycles. The monoisotopic (exact) mass is 448 g/mol. The van der Waals surface area contributed by atoms with Crippen molar-refractivity contribution in [3.8, 4) is 17.7 Å². The third kappa shape index (κ3) is 10.1.